The van der Waals surface area contributed by atoms with Crippen LogP contribution in [0.5, 0.6) is 0 Å². The predicted molar refractivity (Wildman–Crippen MR) is 118 cm³/mol. The highest BCUT2D eigenvalue weighted by atomic mass is 79.9. The largest absolute Gasteiger partial charge is 0.326 e. The molecule has 150 valence electrons. The van der Waals surface area contributed by atoms with Crippen LogP contribution in [0.2, 0.25) is 0 Å². The van der Waals surface area contributed by atoms with Gasteiger partial charge in [-0.05, 0) is 53.9 Å². The number of nitrogens with zero attached hydrogens (tertiary/aromatic N) is 1. The molecule has 5 nitrogen and oxygen atoms in total. The van der Waals surface area contributed by atoms with Crippen LogP contribution in [0.3, 0.4) is 0 Å². The highest BCUT2D eigenvalue weighted by molar-refractivity contribution is 9.10. The summed E-state index contributed by atoms with van der Waals surface area (Å²) < 4.78 is 28.7. The van der Waals surface area contributed by atoms with Crippen molar-refractivity contribution in [3.8, 4) is 0 Å². The van der Waals surface area contributed by atoms with Gasteiger partial charge in [-0.25, -0.2) is 8.42 Å². The fourth-order valence-corrected chi connectivity index (χ4v) is 5.62. The third kappa shape index (κ3) is 4.37. The van der Waals surface area contributed by atoms with E-state index >= 15 is 0 Å². The summed E-state index contributed by atoms with van der Waals surface area (Å²) in [4.78, 5) is 13.0. The zero-order valence-corrected chi connectivity index (χ0v) is 18.1. The lowest BCUT2D eigenvalue weighted by Gasteiger charge is -2.31. The van der Waals surface area contributed by atoms with Gasteiger partial charge in [0.05, 0.1) is 10.8 Å². The number of hydrogen-bond acceptors (Lipinski definition) is 3. The quantitative estimate of drug-likeness (QED) is 0.601. The summed E-state index contributed by atoms with van der Waals surface area (Å²) in [6, 6.07) is 20.2. The fraction of sp³-hybridized carbons (Fsp3) is 0.227. The molecule has 1 saturated heterocycles. The van der Waals surface area contributed by atoms with Crippen molar-refractivity contribution in [3.63, 3.8) is 0 Å². The van der Waals surface area contributed by atoms with Crippen LogP contribution in [0.4, 0.5) is 5.69 Å². The number of piperidine rings is 1. The van der Waals surface area contributed by atoms with Crippen LogP contribution in [0, 0.1) is 5.92 Å². The van der Waals surface area contributed by atoms with Crippen molar-refractivity contribution in [2.75, 3.05) is 18.4 Å². The molecule has 29 heavy (non-hydrogen) atoms. The average molecular weight is 473 g/mol. The maximum absolute atomic E-state index is 13.2. The Balaban J connectivity index is 1.52. The molecule has 0 aliphatic carbocycles. The van der Waals surface area contributed by atoms with E-state index in [1.807, 2.05) is 54.6 Å². The first-order valence-electron chi connectivity index (χ1n) is 9.49. The van der Waals surface area contributed by atoms with Crippen LogP contribution in [0.1, 0.15) is 12.8 Å². The number of amides is 1. The van der Waals surface area contributed by atoms with Gasteiger partial charge in [0, 0.05) is 23.2 Å². The number of fused-ring (bicyclic) bond motifs is 1. The summed E-state index contributed by atoms with van der Waals surface area (Å²) in [5.41, 5.74) is 0.693. The summed E-state index contributed by atoms with van der Waals surface area (Å²) in [6.45, 7) is 0.616. The van der Waals surface area contributed by atoms with Gasteiger partial charge in [-0.2, -0.15) is 4.31 Å². The predicted octanol–water partition coefficient (Wildman–Crippen LogP) is 4.64. The Morgan fingerprint density at radius 3 is 2.59 bits per heavy atom. The molecule has 0 aromatic heterocycles. The average Bonchev–Trinajstić information content (AvgIpc) is 2.73. The van der Waals surface area contributed by atoms with Crippen LogP contribution in [0.15, 0.2) is 76.1 Å². The van der Waals surface area contributed by atoms with Crippen molar-refractivity contribution in [2.24, 2.45) is 5.92 Å². The molecule has 0 saturated carbocycles. The minimum Gasteiger partial charge on any atom is -0.326 e. The van der Waals surface area contributed by atoms with E-state index < -0.39 is 10.0 Å². The van der Waals surface area contributed by atoms with E-state index in [2.05, 4.69) is 21.2 Å². The van der Waals surface area contributed by atoms with Gasteiger partial charge >= 0.3 is 0 Å². The lowest BCUT2D eigenvalue weighted by Crippen LogP contribution is -2.43. The molecule has 0 unspecified atom stereocenters. The van der Waals surface area contributed by atoms with Crippen molar-refractivity contribution >= 4 is 48.3 Å². The lowest BCUT2D eigenvalue weighted by molar-refractivity contribution is -0.120. The topological polar surface area (TPSA) is 66.5 Å². The van der Waals surface area contributed by atoms with Crippen molar-refractivity contribution in [1.82, 2.24) is 4.31 Å². The summed E-state index contributed by atoms with van der Waals surface area (Å²) in [5.74, 6) is -0.528. The second-order valence-corrected chi connectivity index (χ2v) is 10.1. The van der Waals surface area contributed by atoms with Crippen LogP contribution < -0.4 is 5.32 Å². The molecule has 1 atom stereocenters. The first-order valence-corrected chi connectivity index (χ1v) is 11.7. The van der Waals surface area contributed by atoms with Gasteiger partial charge in [0.15, 0.2) is 0 Å². The Hall–Kier alpha value is -2.22. The normalized spacial score (nSPS) is 17.9. The van der Waals surface area contributed by atoms with Gasteiger partial charge in [-0.15, -0.1) is 0 Å². The second kappa shape index (κ2) is 8.26. The number of hydrogen-bond donors (Lipinski definition) is 1. The molecule has 0 bridgehead atoms. The van der Waals surface area contributed by atoms with Gasteiger partial charge in [-0.3, -0.25) is 4.79 Å². The molecule has 1 aliphatic heterocycles. The fourth-order valence-electron chi connectivity index (χ4n) is 3.66. The van der Waals surface area contributed by atoms with Gasteiger partial charge in [-0.1, -0.05) is 52.3 Å². The van der Waals surface area contributed by atoms with E-state index in [1.54, 1.807) is 12.1 Å². The first-order chi connectivity index (χ1) is 13.9. The number of benzene rings is 3. The number of anilines is 1. The Kier molecular flexibility index (Phi) is 5.72. The van der Waals surface area contributed by atoms with Crippen LogP contribution >= 0.6 is 15.9 Å². The lowest BCUT2D eigenvalue weighted by atomic mass is 9.99. The Morgan fingerprint density at radius 1 is 1.00 bits per heavy atom. The number of halogens is 1. The van der Waals surface area contributed by atoms with E-state index in [1.165, 1.54) is 4.31 Å². The smallest absolute Gasteiger partial charge is 0.243 e. The molecule has 4 rings (SSSR count). The maximum Gasteiger partial charge on any atom is 0.243 e. The van der Waals surface area contributed by atoms with E-state index in [4.69, 9.17) is 0 Å². The molecule has 0 radical (unpaired) electrons. The van der Waals surface area contributed by atoms with Crippen molar-refractivity contribution in [3.05, 3.63) is 71.2 Å². The Bertz CT molecular complexity index is 1160. The maximum atomic E-state index is 13.2. The number of carbonyl (C=O) groups is 1. The Morgan fingerprint density at radius 2 is 1.79 bits per heavy atom. The summed E-state index contributed by atoms with van der Waals surface area (Å²) in [7, 11) is -3.65. The number of rotatable bonds is 4. The Labute approximate surface area is 178 Å². The zero-order chi connectivity index (χ0) is 20.4. The molecule has 3 aromatic carbocycles. The molecule has 0 spiro atoms. The standard InChI is InChI=1S/C22H21BrN2O3S/c23-19-8-3-9-20(14-19)24-22(26)18-7-4-12-25(15-18)29(27,28)21-11-10-16-5-1-2-6-17(16)13-21/h1-3,5-6,8-11,13-14,18H,4,7,12,15H2,(H,24,26)/t18-/m0/s1. The second-order valence-electron chi connectivity index (χ2n) is 7.21. The summed E-state index contributed by atoms with van der Waals surface area (Å²) in [6.07, 6.45) is 1.33. The highest BCUT2D eigenvalue weighted by Gasteiger charge is 2.33. The number of nitrogens with one attached hydrogen (secondary N) is 1. The highest BCUT2D eigenvalue weighted by Crippen LogP contribution is 2.27. The van der Waals surface area contributed by atoms with E-state index in [0.29, 0.717) is 25.1 Å². The van der Waals surface area contributed by atoms with Gasteiger partial charge < -0.3 is 5.32 Å². The SMILES string of the molecule is O=C(Nc1cccc(Br)c1)[C@H]1CCCN(S(=O)(=O)c2ccc3ccccc3c2)C1. The van der Waals surface area contributed by atoms with E-state index in [0.717, 1.165) is 15.2 Å². The molecule has 1 aliphatic rings. The zero-order valence-electron chi connectivity index (χ0n) is 15.7. The minimum absolute atomic E-state index is 0.151. The van der Waals surface area contributed by atoms with Crippen molar-refractivity contribution in [1.29, 1.82) is 0 Å². The first kappa shape index (κ1) is 20.1. The van der Waals surface area contributed by atoms with Crippen LogP contribution in [0.25, 0.3) is 10.8 Å². The van der Waals surface area contributed by atoms with Crippen molar-refractivity contribution in [2.45, 2.75) is 17.7 Å². The molecule has 1 amide bonds. The third-order valence-electron chi connectivity index (χ3n) is 5.21. The monoisotopic (exact) mass is 472 g/mol. The van der Waals surface area contributed by atoms with E-state index in [-0.39, 0.29) is 23.3 Å². The molecular weight excluding hydrogens is 452 g/mol. The summed E-state index contributed by atoms with van der Waals surface area (Å²) >= 11 is 3.39. The van der Waals surface area contributed by atoms with Gasteiger partial charge in [0.25, 0.3) is 0 Å². The molecule has 3 aromatic rings. The minimum atomic E-state index is -3.65. The molecular formula is C22H21BrN2O3S. The van der Waals surface area contributed by atoms with Crippen LogP contribution in [-0.4, -0.2) is 31.7 Å². The van der Waals surface area contributed by atoms with E-state index in [9.17, 15) is 13.2 Å². The third-order valence-corrected chi connectivity index (χ3v) is 7.56. The number of carbonyl (C=O) groups excluding carboxylic acids is 1. The molecule has 1 heterocycles. The molecule has 1 fully saturated rings. The van der Waals surface area contributed by atoms with Gasteiger partial charge in [0.2, 0.25) is 15.9 Å². The number of sulfonamides is 1. The van der Waals surface area contributed by atoms with Crippen molar-refractivity contribution < 1.29 is 13.2 Å². The summed E-state index contributed by atoms with van der Waals surface area (Å²) in [5, 5.41) is 4.78. The van der Waals surface area contributed by atoms with Gasteiger partial charge in [0.1, 0.15) is 0 Å². The molecule has 1 N–H and O–H groups in total. The van der Waals surface area contributed by atoms with Crippen LogP contribution in [-0.2, 0) is 14.8 Å². The molecule has 7 heteroatoms.